The van der Waals surface area contributed by atoms with Gasteiger partial charge in [0.25, 0.3) is 5.91 Å². The van der Waals surface area contributed by atoms with Crippen LogP contribution in [0.3, 0.4) is 0 Å². The summed E-state index contributed by atoms with van der Waals surface area (Å²) in [4.78, 5) is 23.5. The van der Waals surface area contributed by atoms with Crippen LogP contribution < -0.4 is 10.1 Å². The lowest BCUT2D eigenvalue weighted by molar-refractivity contribution is -0.148. The number of carbonyl (C=O) groups excluding carboxylic acids is 2. The molecule has 0 saturated heterocycles. The Kier molecular flexibility index (Phi) is 5.80. The van der Waals surface area contributed by atoms with Gasteiger partial charge in [0.05, 0.1) is 25.8 Å². The predicted octanol–water partition coefficient (Wildman–Crippen LogP) is 2.25. The van der Waals surface area contributed by atoms with E-state index in [1.54, 1.807) is 50.4 Å². The molecule has 0 saturated carbocycles. The molecule has 1 N–H and O–H groups in total. The van der Waals surface area contributed by atoms with E-state index in [2.05, 4.69) is 5.32 Å². The lowest BCUT2D eigenvalue weighted by Crippen LogP contribution is -2.31. The van der Waals surface area contributed by atoms with Gasteiger partial charge in [0.15, 0.2) is 6.61 Å². The second-order valence-electron chi connectivity index (χ2n) is 4.99. The molecular weight excluding hydrogens is 298 g/mol. The normalized spacial score (nSPS) is 11.6. The summed E-state index contributed by atoms with van der Waals surface area (Å²) in [6.45, 7) is 1.47. The second-order valence-corrected chi connectivity index (χ2v) is 4.99. The SMILES string of the molecule is COc1ccc(CC(=O)OCC(=O)N[C@H](C)c2ccco2)cc1. The van der Waals surface area contributed by atoms with E-state index >= 15 is 0 Å². The molecule has 0 bridgehead atoms. The van der Waals surface area contributed by atoms with Gasteiger partial charge >= 0.3 is 5.97 Å². The predicted molar refractivity (Wildman–Crippen MR) is 82.9 cm³/mol. The van der Waals surface area contributed by atoms with E-state index in [9.17, 15) is 9.59 Å². The first-order chi connectivity index (χ1) is 11.1. The molecule has 2 aromatic rings. The summed E-state index contributed by atoms with van der Waals surface area (Å²) in [5.74, 6) is 0.518. The van der Waals surface area contributed by atoms with Gasteiger partial charge < -0.3 is 19.2 Å². The van der Waals surface area contributed by atoms with Crippen LogP contribution in [0.15, 0.2) is 47.1 Å². The fourth-order valence-corrected chi connectivity index (χ4v) is 2.00. The van der Waals surface area contributed by atoms with Crippen molar-refractivity contribution >= 4 is 11.9 Å². The minimum atomic E-state index is -0.462. The molecule has 2 rings (SSSR count). The van der Waals surface area contributed by atoms with Crippen LogP contribution in [0.5, 0.6) is 5.75 Å². The third-order valence-electron chi connectivity index (χ3n) is 3.22. The first-order valence-corrected chi connectivity index (χ1v) is 7.20. The van der Waals surface area contributed by atoms with Crippen molar-refractivity contribution in [2.45, 2.75) is 19.4 Å². The molecule has 122 valence electrons. The molecular formula is C17H19NO5. The van der Waals surface area contributed by atoms with Crippen molar-refractivity contribution in [1.29, 1.82) is 0 Å². The molecule has 0 spiro atoms. The van der Waals surface area contributed by atoms with Crippen LogP contribution in [-0.2, 0) is 20.7 Å². The quantitative estimate of drug-likeness (QED) is 0.793. The maximum absolute atomic E-state index is 11.7. The summed E-state index contributed by atoms with van der Waals surface area (Å²) in [5, 5.41) is 2.69. The molecule has 0 aliphatic heterocycles. The summed E-state index contributed by atoms with van der Waals surface area (Å²) < 4.78 is 15.2. The third kappa shape index (κ3) is 5.18. The molecule has 0 radical (unpaired) electrons. The number of benzene rings is 1. The van der Waals surface area contributed by atoms with E-state index < -0.39 is 5.97 Å². The van der Waals surface area contributed by atoms with Crippen LogP contribution in [-0.4, -0.2) is 25.6 Å². The summed E-state index contributed by atoms with van der Waals surface area (Å²) in [6.07, 6.45) is 1.64. The fourth-order valence-electron chi connectivity index (χ4n) is 2.00. The molecule has 6 nitrogen and oxygen atoms in total. The smallest absolute Gasteiger partial charge is 0.310 e. The first kappa shape index (κ1) is 16.6. The Bertz CT molecular complexity index is 634. The Balaban J connectivity index is 1.73. The molecule has 0 aliphatic rings. The Hall–Kier alpha value is -2.76. The molecule has 1 atom stereocenters. The van der Waals surface area contributed by atoms with E-state index in [0.717, 1.165) is 5.56 Å². The first-order valence-electron chi connectivity index (χ1n) is 7.20. The van der Waals surface area contributed by atoms with Gasteiger partial charge in [-0.3, -0.25) is 9.59 Å². The Morgan fingerprint density at radius 3 is 2.57 bits per heavy atom. The molecule has 1 heterocycles. The number of hydrogen-bond acceptors (Lipinski definition) is 5. The maximum Gasteiger partial charge on any atom is 0.310 e. The number of nitrogens with one attached hydrogen (secondary N) is 1. The molecule has 1 aromatic carbocycles. The second kappa shape index (κ2) is 8.03. The number of rotatable bonds is 7. The summed E-state index contributed by atoms with van der Waals surface area (Å²) in [5.41, 5.74) is 0.792. The zero-order valence-corrected chi connectivity index (χ0v) is 13.1. The van der Waals surface area contributed by atoms with Crippen LogP contribution in [0.2, 0.25) is 0 Å². The van der Waals surface area contributed by atoms with Gasteiger partial charge in [-0.2, -0.15) is 0 Å². The van der Waals surface area contributed by atoms with Crippen LogP contribution in [0, 0.1) is 0 Å². The van der Waals surface area contributed by atoms with Crippen molar-refractivity contribution in [2.24, 2.45) is 0 Å². The number of amides is 1. The highest BCUT2D eigenvalue weighted by atomic mass is 16.5. The number of hydrogen-bond donors (Lipinski definition) is 1. The zero-order valence-electron chi connectivity index (χ0n) is 13.1. The minimum Gasteiger partial charge on any atom is -0.497 e. The van der Waals surface area contributed by atoms with Gasteiger partial charge in [-0.1, -0.05) is 12.1 Å². The molecule has 23 heavy (non-hydrogen) atoms. The third-order valence-corrected chi connectivity index (χ3v) is 3.22. The van der Waals surface area contributed by atoms with E-state index in [0.29, 0.717) is 11.5 Å². The molecule has 0 fully saturated rings. The number of carbonyl (C=O) groups is 2. The average molecular weight is 317 g/mol. The summed E-state index contributed by atoms with van der Waals surface area (Å²) >= 11 is 0. The Morgan fingerprint density at radius 2 is 1.96 bits per heavy atom. The number of furan rings is 1. The minimum absolute atomic E-state index is 0.102. The zero-order chi connectivity index (χ0) is 16.7. The van der Waals surface area contributed by atoms with Gasteiger partial charge in [-0.15, -0.1) is 0 Å². The lowest BCUT2D eigenvalue weighted by Gasteiger charge is -2.11. The van der Waals surface area contributed by atoms with E-state index in [-0.39, 0.29) is 25.0 Å². The van der Waals surface area contributed by atoms with Crippen molar-refractivity contribution in [3.8, 4) is 5.75 Å². The van der Waals surface area contributed by atoms with Crippen LogP contribution in [0.25, 0.3) is 0 Å². The highest BCUT2D eigenvalue weighted by Gasteiger charge is 2.13. The van der Waals surface area contributed by atoms with Crippen molar-refractivity contribution in [2.75, 3.05) is 13.7 Å². The molecule has 1 aromatic heterocycles. The fraction of sp³-hybridized carbons (Fsp3) is 0.294. The summed E-state index contributed by atoms with van der Waals surface area (Å²) in [7, 11) is 1.58. The lowest BCUT2D eigenvalue weighted by atomic mass is 10.1. The summed E-state index contributed by atoms with van der Waals surface area (Å²) in [6, 6.07) is 10.3. The highest BCUT2D eigenvalue weighted by Crippen LogP contribution is 2.13. The number of methoxy groups -OCH3 is 1. The standard InChI is InChI=1S/C17H19NO5/c1-12(15-4-3-9-22-15)18-16(19)11-23-17(20)10-13-5-7-14(21-2)8-6-13/h3-9,12H,10-11H2,1-2H3,(H,18,19)/t12-/m1/s1. The van der Waals surface area contributed by atoms with Crippen LogP contribution >= 0.6 is 0 Å². The number of esters is 1. The maximum atomic E-state index is 11.7. The van der Waals surface area contributed by atoms with Crippen LogP contribution in [0.1, 0.15) is 24.3 Å². The van der Waals surface area contributed by atoms with Crippen molar-refractivity contribution in [3.63, 3.8) is 0 Å². The van der Waals surface area contributed by atoms with E-state index in [1.165, 1.54) is 6.26 Å². The Morgan fingerprint density at radius 1 is 1.22 bits per heavy atom. The topological polar surface area (TPSA) is 77.8 Å². The van der Waals surface area contributed by atoms with Gasteiger partial charge in [0.1, 0.15) is 11.5 Å². The van der Waals surface area contributed by atoms with Crippen LogP contribution in [0.4, 0.5) is 0 Å². The van der Waals surface area contributed by atoms with Gasteiger partial charge in [0, 0.05) is 0 Å². The van der Waals surface area contributed by atoms with Gasteiger partial charge in [-0.05, 0) is 36.8 Å². The molecule has 0 unspecified atom stereocenters. The highest BCUT2D eigenvalue weighted by molar-refractivity contribution is 5.81. The largest absolute Gasteiger partial charge is 0.497 e. The van der Waals surface area contributed by atoms with Crippen molar-refractivity contribution < 1.29 is 23.5 Å². The molecule has 1 amide bonds. The van der Waals surface area contributed by atoms with Gasteiger partial charge in [0.2, 0.25) is 0 Å². The monoisotopic (exact) mass is 317 g/mol. The molecule has 0 aliphatic carbocycles. The van der Waals surface area contributed by atoms with Gasteiger partial charge in [-0.25, -0.2) is 0 Å². The van der Waals surface area contributed by atoms with Crippen molar-refractivity contribution in [1.82, 2.24) is 5.32 Å². The molecule has 6 heteroatoms. The Labute approximate surface area is 134 Å². The van der Waals surface area contributed by atoms with E-state index in [1.807, 2.05) is 0 Å². The van der Waals surface area contributed by atoms with Crippen molar-refractivity contribution in [3.05, 3.63) is 54.0 Å². The average Bonchev–Trinajstić information content (AvgIpc) is 3.08. The van der Waals surface area contributed by atoms with E-state index in [4.69, 9.17) is 13.9 Å². The number of ether oxygens (including phenoxy) is 2.